The number of hydrogen-bond acceptors (Lipinski definition) is 1. The molecular formula is C6H14N2S2. The average Bonchev–Trinajstić information content (AvgIpc) is 1.90. The van der Waals surface area contributed by atoms with Crippen LogP contribution in [0.5, 0.6) is 0 Å². The van der Waals surface area contributed by atoms with E-state index in [1.54, 1.807) is 0 Å². The minimum Gasteiger partial charge on any atom is -0.388 e. The van der Waals surface area contributed by atoms with Gasteiger partial charge in [-0.25, -0.2) is 0 Å². The van der Waals surface area contributed by atoms with Gasteiger partial charge in [-0.15, -0.1) is 0 Å². The molecule has 0 heterocycles. The van der Waals surface area contributed by atoms with Gasteiger partial charge >= 0.3 is 0 Å². The second-order valence-electron chi connectivity index (χ2n) is 1.80. The summed E-state index contributed by atoms with van der Waals surface area (Å²) in [6, 6.07) is 0. The molecule has 4 N–H and O–H groups in total. The Morgan fingerprint density at radius 1 is 1.30 bits per heavy atom. The van der Waals surface area contributed by atoms with Gasteiger partial charge < -0.3 is 5.73 Å². The lowest BCUT2D eigenvalue weighted by atomic mass is 10.7. The van der Waals surface area contributed by atoms with Crippen molar-refractivity contribution in [3.8, 4) is 0 Å². The first-order valence-electron chi connectivity index (χ1n) is 3.23. The van der Waals surface area contributed by atoms with Crippen LogP contribution in [0.15, 0.2) is 0 Å². The molecule has 0 aromatic rings. The van der Waals surface area contributed by atoms with E-state index in [-0.39, 0.29) is 10.5 Å². The van der Waals surface area contributed by atoms with Crippen LogP contribution in [0.25, 0.3) is 0 Å². The molecule has 0 aliphatic rings. The summed E-state index contributed by atoms with van der Waals surface area (Å²) < 4.78 is 0. The Kier molecular flexibility index (Phi) is 4.85. The van der Waals surface area contributed by atoms with E-state index < -0.39 is 0 Å². The van der Waals surface area contributed by atoms with Crippen LogP contribution in [0.3, 0.4) is 0 Å². The minimum atomic E-state index is 0.115. The van der Waals surface area contributed by atoms with Gasteiger partial charge in [-0.1, -0.05) is 26.1 Å². The average molecular weight is 178 g/mol. The molecule has 60 valence electrons. The molecule has 0 saturated heterocycles. The van der Waals surface area contributed by atoms with E-state index >= 15 is 0 Å². The Labute approximate surface area is 69.9 Å². The summed E-state index contributed by atoms with van der Waals surface area (Å²) in [7, 11) is 0.115. The van der Waals surface area contributed by atoms with Crippen LogP contribution < -0.4 is 11.5 Å². The van der Waals surface area contributed by atoms with Crippen LogP contribution >= 0.6 is 22.7 Å². The summed E-state index contributed by atoms with van der Waals surface area (Å²) in [5.74, 6) is 2.08. The zero-order chi connectivity index (χ0) is 8.15. The summed E-state index contributed by atoms with van der Waals surface area (Å²) in [5.41, 5.74) is 11.0. The van der Waals surface area contributed by atoms with Crippen molar-refractivity contribution in [2.24, 2.45) is 11.5 Å². The second kappa shape index (κ2) is 4.82. The molecule has 0 aliphatic heterocycles. The fourth-order valence-corrected chi connectivity index (χ4v) is 2.33. The van der Waals surface area contributed by atoms with Crippen molar-refractivity contribution in [2.75, 3.05) is 11.5 Å². The number of nitrogens with two attached hydrogens (primary N) is 2. The lowest BCUT2D eigenvalue weighted by molar-refractivity contribution is 1.46. The largest absolute Gasteiger partial charge is 0.388 e. The van der Waals surface area contributed by atoms with Crippen molar-refractivity contribution < 1.29 is 0 Å². The number of rotatable bonds is 2. The fourth-order valence-electron chi connectivity index (χ4n) is 0.657. The quantitative estimate of drug-likeness (QED) is 0.611. The Hall–Kier alpha value is 0.0700. The van der Waals surface area contributed by atoms with E-state index in [9.17, 15) is 0 Å². The van der Waals surface area contributed by atoms with Gasteiger partial charge in [0.2, 0.25) is 0 Å². The molecule has 0 amide bonds. The molecular weight excluding hydrogens is 164 g/mol. The molecule has 0 atom stereocenters. The molecule has 0 aromatic carbocycles. The predicted molar refractivity (Wildman–Crippen MR) is 54.7 cm³/mol. The molecule has 0 spiro atoms. The lowest BCUT2D eigenvalue weighted by Gasteiger charge is -2.06. The topological polar surface area (TPSA) is 52.0 Å². The number of thiocarbonyl (C=S) groups is 1. The van der Waals surface area contributed by atoms with E-state index in [4.69, 9.17) is 23.7 Å². The third kappa shape index (κ3) is 2.77. The van der Waals surface area contributed by atoms with Gasteiger partial charge in [0.15, 0.2) is 0 Å². The maximum absolute atomic E-state index is 5.64. The molecule has 0 saturated carbocycles. The first-order valence-corrected chi connectivity index (χ1v) is 5.20. The summed E-state index contributed by atoms with van der Waals surface area (Å²) in [6.07, 6.45) is 0. The maximum atomic E-state index is 5.64. The molecule has 0 aliphatic carbocycles. The first-order chi connectivity index (χ1) is 4.63. The second-order valence-corrected chi connectivity index (χ2v) is 4.82. The highest BCUT2D eigenvalue weighted by atomic mass is 32.2. The van der Waals surface area contributed by atoms with Crippen LogP contribution in [0.1, 0.15) is 13.8 Å². The molecule has 0 rings (SSSR count). The minimum absolute atomic E-state index is 0.115. The Morgan fingerprint density at radius 2 is 1.70 bits per heavy atom. The normalized spacial score (nSPS) is 10.0. The van der Waals surface area contributed by atoms with Crippen LogP contribution in [-0.2, 0) is 0 Å². The molecule has 4 heteroatoms. The maximum Gasteiger partial charge on any atom is 0.120 e. The van der Waals surface area contributed by atoms with Crippen molar-refractivity contribution in [1.29, 1.82) is 0 Å². The monoisotopic (exact) mass is 178 g/mol. The molecule has 10 heavy (non-hydrogen) atoms. The third-order valence-electron chi connectivity index (χ3n) is 1.25. The summed E-state index contributed by atoms with van der Waals surface area (Å²) >= 11 is 4.75. The van der Waals surface area contributed by atoms with Crippen molar-refractivity contribution in [2.45, 2.75) is 13.8 Å². The smallest absolute Gasteiger partial charge is 0.120 e. The van der Waals surface area contributed by atoms with Crippen LogP contribution in [0.2, 0.25) is 0 Å². The van der Waals surface area contributed by atoms with Crippen molar-refractivity contribution >= 4 is 32.7 Å². The molecule has 2 nitrogen and oxygen atoms in total. The van der Waals surface area contributed by atoms with Crippen LogP contribution in [0.4, 0.5) is 0 Å². The van der Waals surface area contributed by atoms with Gasteiger partial charge in [0.25, 0.3) is 0 Å². The Morgan fingerprint density at radius 3 is 1.80 bits per heavy atom. The van der Waals surface area contributed by atoms with E-state index in [2.05, 4.69) is 13.8 Å². The Balaban J connectivity index is 4.43. The fraction of sp³-hybridized carbons (Fsp3) is 0.667. The molecule has 0 radical (unpaired) electrons. The van der Waals surface area contributed by atoms with E-state index in [0.717, 1.165) is 11.5 Å². The molecule has 0 aromatic heterocycles. The molecule has 0 fully saturated rings. The molecule has 0 bridgehead atoms. The van der Waals surface area contributed by atoms with E-state index in [1.807, 2.05) is 0 Å². The predicted octanol–water partition coefficient (Wildman–Crippen LogP) is 0.670. The van der Waals surface area contributed by atoms with Crippen molar-refractivity contribution in [3.63, 3.8) is 0 Å². The summed E-state index contributed by atoms with van der Waals surface area (Å²) in [4.78, 5) is 1.08. The van der Waals surface area contributed by atoms with Crippen molar-refractivity contribution in [3.05, 3.63) is 0 Å². The lowest BCUT2D eigenvalue weighted by Crippen LogP contribution is -2.29. The van der Waals surface area contributed by atoms with Gasteiger partial charge in [0.05, 0.1) is 4.99 Å². The van der Waals surface area contributed by atoms with E-state index in [1.165, 1.54) is 0 Å². The van der Waals surface area contributed by atoms with Crippen LogP contribution in [-0.4, -0.2) is 21.5 Å². The highest BCUT2D eigenvalue weighted by Gasteiger charge is 1.98. The number of hydrogen-bond donors (Lipinski definition) is 2. The van der Waals surface area contributed by atoms with Gasteiger partial charge in [-0.05, 0) is 11.5 Å². The highest BCUT2D eigenvalue weighted by molar-refractivity contribution is 8.17. The SMILES string of the molecule is CCS(CC)=C(N)C(N)=S. The first kappa shape index (κ1) is 10.1. The van der Waals surface area contributed by atoms with Gasteiger partial charge in [0.1, 0.15) is 4.99 Å². The zero-order valence-corrected chi connectivity index (χ0v) is 8.02. The summed E-state index contributed by atoms with van der Waals surface area (Å²) in [6.45, 7) is 4.19. The van der Waals surface area contributed by atoms with Gasteiger partial charge in [-0.2, -0.15) is 10.5 Å². The van der Waals surface area contributed by atoms with Crippen molar-refractivity contribution in [1.82, 2.24) is 0 Å². The van der Waals surface area contributed by atoms with Crippen LogP contribution in [0, 0.1) is 0 Å². The van der Waals surface area contributed by atoms with Gasteiger partial charge in [-0.3, -0.25) is 5.73 Å². The highest BCUT2D eigenvalue weighted by Crippen LogP contribution is 2.11. The Bertz CT molecular complexity index is 157. The zero-order valence-electron chi connectivity index (χ0n) is 6.39. The molecule has 0 unspecified atom stereocenters. The third-order valence-corrected chi connectivity index (χ3v) is 3.84. The van der Waals surface area contributed by atoms with E-state index in [0.29, 0.717) is 9.98 Å². The standard InChI is InChI=1S/C6H14N2S2/c1-3-10(4-2)6(8)5(7)9/h3-4,8H2,1-2H3,(H2,7,9). The summed E-state index contributed by atoms with van der Waals surface area (Å²) in [5, 5.41) is 0. The van der Waals surface area contributed by atoms with Gasteiger partial charge in [0, 0.05) is 0 Å².